The minimum atomic E-state index is -1.07. The molecule has 0 aliphatic rings. The van der Waals surface area contributed by atoms with Gasteiger partial charge in [0.05, 0.1) is 5.60 Å². The van der Waals surface area contributed by atoms with Gasteiger partial charge in [-0.3, -0.25) is 0 Å². The molecule has 2 rings (SSSR count). The van der Waals surface area contributed by atoms with Gasteiger partial charge in [0.1, 0.15) is 17.3 Å². The Morgan fingerprint density at radius 2 is 1.50 bits per heavy atom. The van der Waals surface area contributed by atoms with E-state index in [1.165, 1.54) is 12.1 Å². The van der Waals surface area contributed by atoms with Gasteiger partial charge in [-0.1, -0.05) is 12.1 Å². The number of ether oxygens (including phenoxy) is 1. The Morgan fingerprint density at radius 3 is 2.00 bits per heavy atom. The summed E-state index contributed by atoms with van der Waals surface area (Å²) in [6.45, 7) is 1.57. The van der Waals surface area contributed by atoms with Gasteiger partial charge < -0.3 is 14.9 Å². The summed E-state index contributed by atoms with van der Waals surface area (Å²) in [6.07, 6.45) is 0.269. The first-order valence-electron chi connectivity index (χ1n) is 6.38. The molecule has 0 heterocycles. The molecule has 0 radical (unpaired) electrons. The number of hydrogen-bond donors (Lipinski definition) is 2. The van der Waals surface area contributed by atoms with Gasteiger partial charge in [0, 0.05) is 13.0 Å². The normalized spacial score (nSPS) is 13.8. The highest BCUT2D eigenvalue weighted by Gasteiger charge is 2.22. The largest absolute Gasteiger partial charge is 0.457 e. The first-order chi connectivity index (χ1) is 9.51. The van der Waals surface area contributed by atoms with Gasteiger partial charge in [0.15, 0.2) is 0 Å². The summed E-state index contributed by atoms with van der Waals surface area (Å²) in [5.41, 5.74) is -0.360. The fraction of sp³-hybridized carbons (Fsp3) is 0.250. The van der Waals surface area contributed by atoms with E-state index >= 15 is 0 Å². The lowest BCUT2D eigenvalue weighted by Crippen LogP contribution is -2.22. The van der Waals surface area contributed by atoms with Crippen LogP contribution < -0.4 is 4.74 Å². The lowest BCUT2D eigenvalue weighted by Gasteiger charge is -2.22. The number of aliphatic hydroxyl groups is 2. The van der Waals surface area contributed by atoms with Gasteiger partial charge in [0.25, 0.3) is 0 Å². The van der Waals surface area contributed by atoms with Crippen LogP contribution in [0.1, 0.15) is 18.9 Å². The van der Waals surface area contributed by atoms with E-state index in [1.54, 1.807) is 43.3 Å². The standard InChI is InChI=1S/C16H17FO3/c1-16(19,10-11-18)12-2-6-14(7-3-12)20-15-8-4-13(17)5-9-15/h2-9,18-19H,10-11H2,1H3. The maximum Gasteiger partial charge on any atom is 0.127 e. The smallest absolute Gasteiger partial charge is 0.127 e. The first-order valence-corrected chi connectivity index (χ1v) is 6.38. The Hall–Kier alpha value is -1.91. The maximum atomic E-state index is 12.8. The number of rotatable bonds is 5. The predicted octanol–water partition coefficient (Wildman–Crippen LogP) is 3.21. The Labute approximate surface area is 117 Å². The van der Waals surface area contributed by atoms with Gasteiger partial charge in [0.2, 0.25) is 0 Å². The van der Waals surface area contributed by atoms with E-state index in [9.17, 15) is 9.50 Å². The van der Waals surface area contributed by atoms with Gasteiger partial charge in [-0.15, -0.1) is 0 Å². The highest BCUT2D eigenvalue weighted by Crippen LogP contribution is 2.28. The predicted molar refractivity (Wildman–Crippen MR) is 74.2 cm³/mol. The lowest BCUT2D eigenvalue weighted by atomic mass is 9.93. The molecule has 1 unspecified atom stereocenters. The molecule has 2 aromatic rings. The van der Waals surface area contributed by atoms with Crippen LogP contribution in [0.2, 0.25) is 0 Å². The van der Waals surface area contributed by atoms with Crippen molar-refractivity contribution in [1.82, 2.24) is 0 Å². The topological polar surface area (TPSA) is 49.7 Å². The Kier molecular flexibility index (Phi) is 4.37. The molecule has 2 N–H and O–H groups in total. The summed E-state index contributed by atoms with van der Waals surface area (Å²) in [4.78, 5) is 0. The molecule has 0 aliphatic heterocycles. The second-order valence-electron chi connectivity index (χ2n) is 4.83. The molecule has 2 aromatic carbocycles. The molecular weight excluding hydrogens is 259 g/mol. The molecule has 0 saturated carbocycles. The molecule has 0 spiro atoms. The van der Waals surface area contributed by atoms with Crippen molar-refractivity contribution < 1.29 is 19.3 Å². The zero-order valence-electron chi connectivity index (χ0n) is 11.2. The fourth-order valence-corrected chi connectivity index (χ4v) is 1.88. The van der Waals surface area contributed by atoms with E-state index in [2.05, 4.69) is 0 Å². The van der Waals surface area contributed by atoms with Crippen LogP contribution in [0.4, 0.5) is 4.39 Å². The summed E-state index contributed by atoms with van der Waals surface area (Å²) in [7, 11) is 0. The van der Waals surface area contributed by atoms with Gasteiger partial charge >= 0.3 is 0 Å². The quantitative estimate of drug-likeness (QED) is 0.881. The minimum Gasteiger partial charge on any atom is -0.457 e. The summed E-state index contributed by atoms with van der Waals surface area (Å²) >= 11 is 0. The van der Waals surface area contributed by atoms with Crippen molar-refractivity contribution >= 4 is 0 Å². The molecule has 0 aliphatic carbocycles. The van der Waals surface area contributed by atoms with Crippen molar-refractivity contribution in [2.75, 3.05) is 6.61 Å². The van der Waals surface area contributed by atoms with Crippen LogP contribution >= 0.6 is 0 Å². The van der Waals surface area contributed by atoms with Crippen LogP contribution in [-0.4, -0.2) is 16.8 Å². The van der Waals surface area contributed by atoms with Crippen molar-refractivity contribution in [2.24, 2.45) is 0 Å². The van der Waals surface area contributed by atoms with Crippen molar-refractivity contribution in [3.05, 3.63) is 59.9 Å². The van der Waals surface area contributed by atoms with Gasteiger partial charge in [-0.2, -0.15) is 0 Å². The molecule has 106 valence electrons. The van der Waals surface area contributed by atoms with Crippen LogP contribution in [-0.2, 0) is 5.60 Å². The third-order valence-corrected chi connectivity index (χ3v) is 3.12. The van der Waals surface area contributed by atoms with E-state index in [4.69, 9.17) is 9.84 Å². The maximum absolute atomic E-state index is 12.8. The molecule has 0 saturated heterocycles. The minimum absolute atomic E-state index is 0.0825. The third kappa shape index (κ3) is 3.56. The number of aliphatic hydroxyl groups excluding tert-OH is 1. The molecular formula is C16H17FO3. The summed E-state index contributed by atoms with van der Waals surface area (Å²) in [5, 5.41) is 19.1. The van der Waals surface area contributed by atoms with Crippen LogP contribution in [0.3, 0.4) is 0 Å². The van der Waals surface area contributed by atoms with E-state index in [-0.39, 0.29) is 18.8 Å². The average molecular weight is 276 g/mol. The van der Waals surface area contributed by atoms with Gasteiger partial charge in [-0.05, 0) is 48.9 Å². The molecule has 1 atom stereocenters. The summed E-state index contributed by atoms with van der Waals surface area (Å²) < 4.78 is 18.3. The Balaban J connectivity index is 2.10. The molecule has 0 fully saturated rings. The first kappa shape index (κ1) is 14.5. The molecule has 0 amide bonds. The zero-order chi connectivity index (χ0) is 14.6. The molecule has 20 heavy (non-hydrogen) atoms. The van der Waals surface area contributed by atoms with Crippen molar-refractivity contribution in [3.8, 4) is 11.5 Å². The molecule has 4 heteroatoms. The molecule has 0 aromatic heterocycles. The van der Waals surface area contributed by atoms with Crippen LogP contribution in [0.25, 0.3) is 0 Å². The number of benzene rings is 2. The second-order valence-corrected chi connectivity index (χ2v) is 4.83. The Morgan fingerprint density at radius 1 is 1.00 bits per heavy atom. The van der Waals surface area contributed by atoms with E-state index in [0.29, 0.717) is 17.1 Å². The second kappa shape index (κ2) is 6.03. The van der Waals surface area contributed by atoms with E-state index in [1.807, 2.05) is 0 Å². The fourth-order valence-electron chi connectivity index (χ4n) is 1.88. The third-order valence-electron chi connectivity index (χ3n) is 3.12. The van der Waals surface area contributed by atoms with E-state index < -0.39 is 5.60 Å². The zero-order valence-corrected chi connectivity index (χ0v) is 11.2. The highest BCUT2D eigenvalue weighted by molar-refractivity contribution is 5.34. The molecule has 3 nitrogen and oxygen atoms in total. The molecule has 0 bridgehead atoms. The SMILES string of the molecule is CC(O)(CCO)c1ccc(Oc2ccc(F)cc2)cc1. The highest BCUT2D eigenvalue weighted by atomic mass is 19.1. The average Bonchev–Trinajstić information content (AvgIpc) is 2.42. The number of hydrogen-bond acceptors (Lipinski definition) is 3. The van der Waals surface area contributed by atoms with Crippen molar-refractivity contribution in [2.45, 2.75) is 18.9 Å². The van der Waals surface area contributed by atoms with Gasteiger partial charge in [-0.25, -0.2) is 4.39 Å². The summed E-state index contributed by atoms with van der Waals surface area (Å²) in [5.74, 6) is 0.828. The van der Waals surface area contributed by atoms with Crippen LogP contribution in [0, 0.1) is 5.82 Å². The van der Waals surface area contributed by atoms with Crippen LogP contribution in [0.15, 0.2) is 48.5 Å². The van der Waals surface area contributed by atoms with Crippen molar-refractivity contribution in [1.29, 1.82) is 0 Å². The lowest BCUT2D eigenvalue weighted by molar-refractivity contribution is 0.0299. The van der Waals surface area contributed by atoms with E-state index in [0.717, 1.165) is 0 Å². The Bertz CT molecular complexity index is 547. The van der Waals surface area contributed by atoms with Crippen LogP contribution in [0.5, 0.6) is 11.5 Å². The number of halogens is 1. The summed E-state index contributed by atoms with van der Waals surface area (Å²) in [6, 6.07) is 12.7. The monoisotopic (exact) mass is 276 g/mol. The van der Waals surface area contributed by atoms with Crippen molar-refractivity contribution in [3.63, 3.8) is 0 Å².